The Balaban J connectivity index is 2.19. The molecule has 0 saturated heterocycles. The van der Waals surface area contributed by atoms with Gasteiger partial charge in [-0.15, -0.1) is 0 Å². The molecule has 0 unspecified atom stereocenters. The monoisotopic (exact) mass is 265 g/mol. The van der Waals surface area contributed by atoms with E-state index in [1.54, 1.807) is 7.11 Å². The number of fused-ring (bicyclic) bond motifs is 1. The van der Waals surface area contributed by atoms with Gasteiger partial charge < -0.3 is 10.5 Å². The largest absolute Gasteiger partial charge is 0.483 e. The molecule has 1 aliphatic heterocycles. The fraction of sp³-hybridized carbons (Fsp3) is 0.125. The van der Waals surface area contributed by atoms with E-state index in [0.29, 0.717) is 18.1 Å². The summed E-state index contributed by atoms with van der Waals surface area (Å²) in [5.41, 5.74) is 10.3. The molecule has 2 aromatic rings. The van der Waals surface area contributed by atoms with E-state index in [-0.39, 0.29) is 0 Å². The van der Waals surface area contributed by atoms with Gasteiger partial charge in [-0.25, -0.2) is 4.99 Å². The van der Waals surface area contributed by atoms with Crippen molar-refractivity contribution in [3.63, 3.8) is 0 Å². The fourth-order valence-electron chi connectivity index (χ4n) is 2.20. The summed E-state index contributed by atoms with van der Waals surface area (Å²) in [4.78, 5) is 9.13. The molecule has 0 aromatic heterocycles. The summed E-state index contributed by atoms with van der Waals surface area (Å²) in [6, 6.07) is 15.7. The second kappa shape index (κ2) is 5.17. The van der Waals surface area contributed by atoms with Crippen LogP contribution in [0.15, 0.2) is 58.5 Å². The molecule has 4 heteroatoms. The second-order valence-corrected chi connectivity index (χ2v) is 4.52. The van der Waals surface area contributed by atoms with Crippen LogP contribution in [0.4, 0.5) is 11.4 Å². The zero-order valence-corrected chi connectivity index (χ0v) is 11.2. The van der Waals surface area contributed by atoms with Gasteiger partial charge in [0.1, 0.15) is 6.54 Å². The number of nitrogens with zero attached hydrogens (tertiary/aromatic N) is 2. The van der Waals surface area contributed by atoms with Crippen molar-refractivity contribution < 1.29 is 4.74 Å². The van der Waals surface area contributed by atoms with Crippen molar-refractivity contribution >= 4 is 23.0 Å². The Morgan fingerprint density at radius 2 is 1.90 bits per heavy atom. The lowest BCUT2D eigenvalue weighted by Gasteiger charge is -2.08. The minimum Gasteiger partial charge on any atom is -0.483 e. The number of ether oxygens (including phenoxy) is 1. The van der Waals surface area contributed by atoms with E-state index in [2.05, 4.69) is 9.98 Å². The van der Waals surface area contributed by atoms with Crippen LogP contribution in [0.5, 0.6) is 0 Å². The molecule has 0 saturated carbocycles. The lowest BCUT2D eigenvalue weighted by atomic mass is 10.0. The number of rotatable bonds is 1. The van der Waals surface area contributed by atoms with E-state index >= 15 is 0 Å². The molecule has 4 nitrogen and oxygen atoms in total. The third kappa shape index (κ3) is 2.28. The first-order valence-electron chi connectivity index (χ1n) is 6.39. The lowest BCUT2D eigenvalue weighted by molar-refractivity contribution is 0.396. The number of methoxy groups -OCH3 is 1. The summed E-state index contributed by atoms with van der Waals surface area (Å²) in [7, 11) is 1.61. The van der Waals surface area contributed by atoms with E-state index in [0.717, 1.165) is 22.5 Å². The van der Waals surface area contributed by atoms with Crippen molar-refractivity contribution in [2.75, 3.05) is 19.4 Å². The molecule has 100 valence electrons. The van der Waals surface area contributed by atoms with Crippen LogP contribution in [0, 0.1) is 0 Å². The van der Waals surface area contributed by atoms with Gasteiger partial charge in [0, 0.05) is 16.8 Å². The highest BCUT2D eigenvalue weighted by atomic mass is 16.5. The number of nitrogens with two attached hydrogens (primary N) is 1. The van der Waals surface area contributed by atoms with Crippen LogP contribution in [0.25, 0.3) is 0 Å². The first kappa shape index (κ1) is 12.4. The van der Waals surface area contributed by atoms with Crippen LogP contribution in [-0.4, -0.2) is 25.3 Å². The van der Waals surface area contributed by atoms with Crippen molar-refractivity contribution in [3.8, 4) is 0 Å². The molecule has 0 radical (unpaired) electrons. The molecule has 20 heavy (non-hydrogen) atoms. The second-order valence-electron chi connectivity index (χ2n) is 4.52. The van der Waals surface area contributed by atoms with E-state index in [1.165, 1.54) is 0 Å². The topological polar surface area (TPSA) is 60.0 Å². The minimum atomic E-state index is 0.426. The summed E-state index contributed by atoms with van der Waals surface area (Å²) in [6.07, 6.45) is 0. The van der Waals surface area contributed by atoms with Crippen LogP contribution < -0.4 is 5.73 Å². The lowest BCUT2D eigenvalue weighted by Crippen LogP contribution is -2.07. The standard InChI is InChI=1S/C16H15N3O/c1-20-15-10-18-16(11-5-3-2-4-6-11)13-9-12(17)7-8-14(13)19-15/h2-9H,10,17H2,1H3. The molecular weight excluding hydrogens is 250 g/mol. The van der Waals surface area contributed by atoms with Crippen LogP contribution >= 0.6 is 0 Å². The smallest absolute Gasteiger partial charge is 0.210 e. The van der Waals surface area contributed by atoms with Crippen molar-refractivity contribution in [2.24, 2.45) is 9.98 Å². The van der Waals surface area contributed by atoms with Crippen molar-refractivity contribution in [1.82, 2.24) is 0 Å². The molecule has 0 fully saturated rings. The van der Waals surface area contributed by atoms with E-state index in [1.807, 2.05) is 48.5 Å². The van der Waals surface area contributed by atoms with Crippen molar-refractivity contribution in [2.45, 2.75) is 0 Å². The quantitative estimate of drug-likeness (QED) is 0.806. The van der Waals surface area contributed by atoms with Crippen LogP contribution in [0.1, 0.15) is 11.1 Å². The SMILES string of the molecule is COC1=Nc2ccc(N)cc2C(c2ccccc2)=NC1. The number of hydrogen-bond acceptors (Lipinski definition) is 4. The Kier molecular flexibility index (Phi) is 3.21. The third-order valence-electron chi connectivity index (χ3n) is 3.18. The summed E-state index contributed by atoms with van der Waals surface area (Å²) >= 11 is 0. The molecule has 0 aliphatic carbocycles. The predicted molar refractivity (Wildman–Crippen MR) is 81.9 cm³/mol. The number of aliphatic imine (C=N–C) groups is 2. The number of benzene rings is 2. The highest BCUT2D eigenvalue weighted by Crippen LogP contribution is 2.27. The Bertz CT molecular complexity index is 690. The van der Waals surface area contributed by atoms with E-state index < -0.39 is 0 Å². The van der Waals surface area contributed by atoms with Crippen LogP contribution in [0.3, 0.4) is 0 Å². The van der Waals surface area contributed by atoms with Crippen molar-refractivity contribution in [3.05, 3.63) is 59.7 Å². The number of anilines is 1. The van der Waals surface area contributed by atoms with Gasteiger partial charge in [-0.2, -0.15) is 0 Å². The molecule has 0 spiro atoms. The summed E-state index contributed by atoms with van der Waals surface area (Å²) in [5, 5.41) is 0. The Morgan fingerprint density at radius 3 is 2.65 bits per heavy atom. The van der Waals surface area contributed by atoms with E-state index in [4.69, 9.17) is 10.5 Å². The summed E-state index contributed by atoms with van der Waals surface area (Å²) < 4.78 is 5.25. The van der Waals surface area contributed by atoms with E-state index in [9.17, 15) is 0 Å². The third-order valence-corrected chi connectivity index (χ3v) is 3.18. The highest BCUT2D eigenvalue weighted by Gasteiger charge is 2.16. The van der Waals surface area contributed by atoms with Gasteiger partial charge in [0.05, 0.1) is 18.5 Å². The predicted octanol–water partition coefficient (Wildman–Crippen LogP) is 2.80. The molecule has 2 N–H and O–H groups in total. The van der Waals surface area contributed by atoms with Gasteiger partial charge in [0.15, 0.2) is 0 Å². The zero-order chi connectivity index (χ0) is 13.9. The molecule has 1 aliphatic rings. The first-order valence-corrected chi connectivity index (χ1v) is 6.39. The molecular formula is C16H15N3O. The number of nitrogen functional groups attached to an aromatic ring is 1. The summed E-state index contributed by atoms with van der Waals surface area (Å²) in [5.74, 6) is 0.599. The zero-order valence-electron chi connectivity index (χ0n) is 11.2. The summed E-state index contributed by atoms with van der Waals surface area (Å²) in [6.45, 7) is 0.426. The minimum absolute atomic E-state index is 0.426. The normalized spacial score (nSPS) is 13.8. The maximum absolute atomic E-state index is 5.91. The van der Waals surface area contributed by atoms with Gasteiger partial charge >= 0.3 is 0 Å². The van der Waals surface area contributed by atoms with Crippen LogP contribution in [0.2, 0.25) is 0 Å². The maximum Gasteiger partial charge on any atom is 0.210 e. The molecule has 0 amide bonds. The maximum atomic E-state index is 5.91. The van der Waals surface area contributed by atoms with Crippen molar-refractivity contribution in [1.29, 1.82) is 0 Å². The fourth-order valence-corrected chi connectivity index (χ4v) is 2.20. The Morgan fingerprint density at radius 1 is 1.10 bits per heavy atom. The van der Waals surface area contributed by atoms with Gasteiger partial charge in [-0.3, -0.25) is 4.99 Å². The average Bonchev–Trinajstić information content (AvgIpc) is 2.67. The van der Waals surface area contributed by atoms with Gasteiger partial charge in [0.2, 0.25) is 5.90 Å². The number of hydrogen-bond donors (Lipinski definition) is 1. The molecule has 3 rings (SSSR count). The molecule has 1 heterocycles. The highest BCUT2D eigenvalue weighted by molar-refractivity contribution is 6.17. The Hall–Kier alpha value is -2.62. The van der Waals surface area contributed by atoms with Gasteiger partial charge in [-0.05, 0) is 18.2 Å². The van der Waals surface area contributed by atoms with Crippen LogP contribution in [-0.2, 0) is 4.74 Å². The first-order chi connectivity index (χ1) is 9.78. The molecule has 2 aromatic carbocycles. The average molecular weight is 265 g/mol. The molecule has 0 atom stereocenters. The molecule has 0 bridgehead atoms. The Labute approximate surface area is 117 Å². The van der Waals surface area contributed by atoms with Gasteiger partial charge in [0.25, 0.3) is 0 Å². The van der Waals surface area contributed by atoms with Gasteiger partial charge in [-0.1, -0.05) is 30.3 Å².